The quantitative estimate of drug-likeness (QED) is 0.327. The van der Waals surface area contributed by atoms with E-state index in [0.717, 1.165) is 6.54 Å². The van der Waals surface area contributed by atoms with Gasteiger partial charge in [-0.2, -0.15) is 4.57 Å². The summed E-state index contributed by atoms with van der Waals surface area (Å²) in [6, 6.07) is 11.8. The van der Waals surface area contributed by atoms with Crippen molar-refractivity contribution in [2.45, 2.75) is 119 Å². The van der Waals surface area contributed by atoms with Gasteiger partial charge in [0.1, 0.15) is 23.6 Å². The van der Waals surface area contributed by atoms with Crippen molar-refractivity contribution in [3.8, 4) is 5.69 Å². The van der Waals surface area contributed by atoms with Gasteiger partial charge >= 0.3 is 0 Å². The van der Waals surface area contributed by atoms with Crippen LogP contribution in [0.3, 0.4) is 0 Å². The zero-order valence-corrected chi connectivity index (χ0v) is 25.6. The minimum Gasteiger partial charge on any atom is -1.00 e. The van der Waals surface area contributed by atoms with E-state index in [1.807, 2.05) is 0 Å². The average Bonchev–Trinajstić information content (AvgIpc) is 3.06. The van der Waals surface area contributed by atoms with E-state index < -0.39 is 0 Å². The molecule has 1 aromatic heterocycles. The van der Waals surface area contributed by atoms with Crippen molar-refractivity contribution in [3.05, 3.63) is 81.4 Å². The highest BCUT2D eigenvalue weighted by Crippen LogP contribution is 2.34. The van der Waals surface area contributed by atoms with E-state index in [9.17, 15) is 0 Å². The first-order valence-corrected chi connectivity index (χ1v) is 13.7. The smallest absolute Gasteiger partial charge is 0.249 e. The maximum Gasteiger partial charge on any atom is 0.249 e. The molecule has 2 aromatic carbocycles. The maximum atomic E-state index is 2.48. The Morgan fingerprint density at radius 1 is 0.667 bits per heavy atom. The molecule has 2 nitrogen and oxygen atoms in total. The molecule has 1 heterocycles. The van der Waals surface area contributed by atoms with Crippen LogP contribution < -0.4 is 17.0 Å². The third-order valence-electron chi connectivity index (χ3n) is 7.73. The maximum absolute atomic E-state index is 2.48. The van der Waals surface area contributed by atoms with Gasteiger partial charge in [-0.15, -0.1) is 0 Å². The van der Waals surface area contributed by atoms with Crippen LogP contribution in [0.15, 0.2) is 36.7 Å². The number of para-hydroxylation sites is 1. The summed E-state index contributed by atoms with van der Waals surface area (Å²) in [5.41, 5.74) is 12.9. The molecule has 0 radical (unpaired) electrons. The van der Waals surface area contributed by atoms with Crippen molar-refractivity contribution >= 4 is 0 Å². The van der Waals surface area contributed by atoms with E-state index in [4.69, 9.17) is 0 Å². The third kappa shape index (κ3) is 5.91. The van der Waals surface area contributed by atoms with Crippen LogP contribution in [0.4, 0.5) is 0 Å². The molecule has 36 heavy (non-hydrogen) atoms. The Kier molecular flexibility index (Phi) is 10.0. The van der Waals surface area contributed by atoms with Crippen LogP contribution in [0.1, 0.15) is 144 Å². The van der Waals surface area contributed by atoms with E-state index in [0.29, 0.717) is 29.6 Å². The standard InChI is InChI=1S/C33H49N2.ClH/c1-20(2)27-16-30(23(7)8)32(31(17-27)24(9)10)18-34-19-35(26(12)25(34)11)33-28(21(3)4)14-13-15-29(33)22(5)6;/h13-17,19-24H,18H2,1-12H3;1H/q+1;/p-1. The third-order valence-corrected chi connectivity index (χ3v) is 7.73. The summed E-state index contributed by atoms with van der Waals surface area (Å²) in [4.78, 5) is 0. The number of benzene rings is 2. The lowest BCUT2D eigenvalue weighted by Gasteiger charge is -2.22. The van der Waals surface area contributed by atoms with Crippen LogP contribution >= 0.6 is 0 Å². The molecule has 3 rings (SSSR count). The first kappa shape index (κ1) is 30.2. The summed E-state index contributed by atoms with van der Waals surface area (Å²) in [7, 11) is 0. The van der Waals surface area contributed by atoms with Crippen LogP contribution in [0, 0.1) is 13.8 Å². The zero-order chi connectivity index (χ0) is 26.2. The SMILES string of the molecule is Cc1c(C)[n+](Cc2c(C(C)C)cc(C(C)C)cc2C(C)C)cn1-c1c(C(C)C)cccc1C(C)C.[Cl-]. The van der Waals surface area contributed by atoms with Crippen LogP contribution in [-0.4, -0.2) is 4.57 Å². The van der Waals surface area contributed by atoms with Crippen molar-refractivity contribution in [1.29, 1.82) is 0 Å². The summed E-state index contributed by atoms with van der Waals surface area (Å²) in [5, 5.41) is 0. The summed E-state index contributed by atoms with van der Waals surface area (Å²) < 4.78 is 4.95. The largest absolute Gasteiger partial charge is 1.00 e. The summed E-state index contributed by atoms with van der Waals surface area (Å²) in [6.07, 6.45) is 2.36. The van der Waals surface area contributed by atoms with Gasteiger partial charge in [-0.05, 0) is 46.3 Å². The fourth-order valence-electron chi connectivity index (χ4n) is 5.33. The molecule has 198 valence electrons. The highest BCUT2D eigenvalue weighted by atomic mass is 35.5. The molecule has 0 atom stereocenters. The second-order valence-corrected chi connectivity index (χ2v) is 12.0. The Morgan fingerprint density at radius 2 is 1.11 bits per heavy atom. The molecule has 0 aliphatic carbocycles. The van der Waals surface area contributed by atoms with Gasteiger partial charge in [-0.1, -0.05) is 99.6 Å². The van der Waals surface area contributed by atoms with Gasteiger partial charge in [0.25, 0.3) is 0 Å². The predicted molar refractivity (Wildman–Crippen MR) is 151 cm³/mol. The van der Waals surface area contributed by atoms with E-state index in [1.54, 1.807) is 0 Å². The Labute approximate surface area is 227 Å². The molecule has 0 fully saturated rings. The van der Waals surface area contributed by atoms with Gasteiger partial charge in [0.2, 0.25) is 6.33 Å². The first-order chi connectivity index (χ1) is 16.3. The molecule has 0 unspecified atom stereocenters. The van der Waals surface area contributed by atoms with E-state index in [1.165, 1.54) is 50.5 Å². The van der Waals surface area contributed by atoms with Crippen molar-refractivity contribution in [2.24, 2.45) is 0 Å². The Morgan fingerprint density at radius 3 is 1.50 bits per heavy atom. The van der Waals surface area contributed by atoms with Gasteiger partial charge in [-0.25, -0.2) is 4.57 Å². The van der Waals surface area contributed by atoms with Crippen molar-refractivity contribution in [2.75, 3.05) is 0 Å². The van der Waals surface area contributed by atoms with Gasteiger partial charge in [0.05, 0.1) is 0 Å². The number of rotatable bonds is 8. The molecule has 0 spiro atoms. The Balaban J connectivity index is 0.00000456. The molecule has 0 aliphatic heterocycles. The molecule has 0 saturated heterocycles. The van der Waals surface area contributed by atoms with E-state index in [2.05, 4.69) is 129 Å². The molecule has 3 heteroatoms. The fraction of sp³-hybridized carbons (Fsp3) is 0.545. The second kappa shape index (κ2) is 12.0. The number of hydrogen-bond acceptors (Lipinski definition) is 0. The van der Waals surface area contributed by atoms with Crippen LogP contribution in [0.25, 0.3) is 5.69 Å². The summed E-state index contributed by atoms with van der Waals surface area (Å²) >= 11 is 0. The average molecular weight is 509 g/mol. The normalized spacial score (nSPS) is 11.9. The van der Waals surface area contributed by atoms with Gasteiger partial charge in [0, 0.05) is 30.5 Å². The molecular weight excluding hydrogens is 460 g/mol. The molecule has 3 aromatic rings. The monoisotopic (exact) mass is 508 g/mol. The molecular formula is C33H49ClN2. The van der Waals surface area contributed by atoms with Crippen molar-refractivity contribution in [1.82, 2.24) is 4.57 Å². The number of nitrogens with zero attached hydrogens (tertiary/aromatic N) is 2. The lowest BCUT2D eigenvalue weighted by atomic mass is 9.84. The molecule has 0 N–H and O–H groups in total. The molecule has 0 amide bonds. The minimum absolute atomic E-state index is 0. The summed E-state index contributed by atoms with van der Waals surface area (Å²) in [6.45, 7) is 28.7. The number of hydrogen-bond donors (Lipinski definition) is 0. The van der Waals surface area contributed by atoms with E-state index in [-0.39, 0.29) is 12.4 Å². The minimum atomic E-state index is 0. The van der Waals surface area contributed by atoms with Gasteiger partial charge in [0.15, 0.2) is 0 Å². The van der Waals surface area contributed by atoms with Gasteiger partial charge < -0.3 is 12.4 Å². The van der Waals surface area contributed by atoms with E-state index >= 15 is 0 Å². The molecule has 0 saturated carbocycles. The zero-order valence-electron chi connectivity index (χ0n) is 24.8. The Bertz CT molecular complexity index is 1120. The number of imidazole rings is 1. The lowest BCUT2D eigenvalue weighted by Crippen LogP contribution is -3.00. The van der Waals surface area contributed by atoms with Crippen LogP contribution in [-0.2, 0) is 6.54 Å². The summed E-state index contributed by atoms with van der Waals surface area (Å²) in [5.74, 6) is 2.49. The second-order valence-electron chi connectivity index (χ2n) is 12.0. The van der Waals surface area contributed by atoms with Gasteiger partial charge in [-0.3, -0.25) is 0 Å². The molecule has 0 aliphatic rings. The highest BCUT2D eigenvalue weighted by Gasteiger charge is 2.26. The van der Waals surface area contributed by atoms with Crippen molar-refractivity contribution < 1.29 is 17.0 Å². The predicted octanol–water partition coefficient (Wildman–Crippen LogP) is 6.05. The number of aromatic nitrogens is 2. The highest BCUT2D eigenvalue weighted by molar-refractivity contribution is 5.52. The number of halogens is 1. The fourth-order valence-corrected chi connectivity index (χ4v) is 5.33. The van der Waals surface area contributed by atoms with Crippen LogP contribution in [0.5, 0.6) is 0 Å². The first-order valence-electron chi connectivity index (χ1n) is 13.7. The van der Waals surface area contributed by atoms with Crippen LogP contribution in [0.2, 0.25) is 0 Å². The topological polar surface area (TPSA) is 8.81 Å². The molecule has 0 bridgehead atoms. The lowest BCUT2D eigenvalue weighted by molar-refractivity contribution is -0.693. The Hall–Kier alpha value is -2.06. The van der Waals surface area contributed by atoms with Crippen molar-refractivity contribution in [3.63, 3.8) is 0 Å².